The Morgan fingerprint density at radius 3 is 2.57 bits per heavy atom. The maximum atomic E-state index is 14.2. The molecule has 226 valence electrons. The van der Waals surface area contributed by atoms with Crippen molar-refractivity contribution in [3.8, 4) is 0 Å². The minimum atomic E-state index is -1.37. The summed E-state index contributed by atoms with van der Waals surface area (Å²) in [5, 5.41) is 12.5. The number of carbonyl (C=O) groups is 4. The van der Waals surface area contributed by atoms with Gasteiger partial charge in [0.25, 0.3) is 0 Å². The van der Waals surface area contributed by atoms with Crippen LogP contribution in [0.4, 0.5) is 0 Å². The fourth-order valence-corrected chi connectivity index (χ4v) is 6.78. The van der Waals surface area contributed by atoms with Crippen molar-refractivity contribution >= 4 is 23.7 Å². The lowest BCUT2D eigenvalue weighted by Crippen LogP contribution is -2.55. The average Bonchev–Trinajstić information content (AvgIpc) is 3.37. The van der Waals surface area contributed by atoms with E-state index in [0.29, 0.717) is 31.5 Å². The number of hydrogen-bond donors (Lipinski definition) is 2. The molecule has 42 heavy (non-hydrogen) atoms. The van der Waals surface area contributed by atoms with E-state index in [1.807, 2.05) is 36.4 Å². The van der Waals surface area contributed by atoms with Crippen LogP contribution in [0.5, 0.6) is 0 Å². The van der Waals surface area contributed by atoms with Crippen LogP contribution in [0.2, 0.25) is 0 Å². The van der Waals surface area contributed by atoms with Crippen LogP contribution in [-0.2, 0) is 28.7 Å². The Hall–Kier alpha value is -3.50. The normalized spacial score (nSPS) is 34.0. The molecule has 1 spiro atoms. The van der Waals surface area contributed by atoms with Crippen LogP contribution in [0.15, 0.2) is 54.6 Å². The number of unbranched alkanes of at least 4 members (excludes halogenated alkanes) is 1. The topological polar surface area (TPSA) is 125 Å². The Labute approximate surface area is 246 Å². The molecule has 0 bridgehead atoms. The van der Waals surface area contributed by atoms with Crippen LogP contribution in [0.3, 0.4) is 0 Å². The average molecular weight is 580 g/mol. The minimum absolute atomic E-state index is 0.141. The highest BCUT2D eigenvalue weighted by Gasteiger charge is 2.71. The van der Waals surface area contributed by atoms with Gasteiger partial charge in [0, 0.05) is 32.7 Å². The number of carbonyl (C=O) groups excluding carboxylic acids is 4. The van der Waals surface area contributed by atoms with Gasteiger partial charge in [-0.2, -0.15) is 0 Å². The van der Waals surface area contributed by atoms with Gasteiger partial charge in [0.05, 0.1) is 18.1 Å². The number of rotatable bonds is 7. The number of likely N-dealkylation sites (tertiary alicyclic amines) is 1. The van der Waals surface area contributed by atoms with E-state index in [1.54, 1.807) is 30.1 Å². The van der Waals surface area contributed by atoms with Crippen LogP contribution < -0.4 is 5.32 Å². The fourth-order valence-electron chi connectivity index (χ4n) is 6.78. The predicted molar refractivity (Wildman–Crippen MR) is 154 cm³/mol. The van der Waals surface area contributed by atoms with Gasteiger partial charge in [-0.25, -0.2) is 0 Å². The summed E-state index contributed by atoms with van der Waals surface area (Å²) in [6, 6.07) is 7.71. The van der Waals surface area contributed by atoms with Crippen molar-refractivity contribution in [1.82, 2.24) is 15.1 Å². The molecule has 4 heterocycles. The minimum Gasteiger partial charge on any atom is -0.455 e. The zero-order valence-corrected chi connectivity index (χ0v) is 24.3. The number of fused-ring (bicyclic) bond motifs is 2. The van der Waals surface area contributed by atoms with Gasteiger partial charge in [0.15, 0.2) is 0 Å². The first kappa shape index (κ1) is 30.0. The molecule has 1 aromatic carbocycles. The van der Waals surface area contributed by atoms with Crippen molar-refractivity contribution in [1.29, 1.82) is 0 Å². The molecular formula is C32H41N3O7. The summed E-state index contributed by atoms with van der Waals surface area (Å²) < 4.78 is 12.9. The molecule has 1 aromatic rings. The number of aliphatic hydroxyl groups excluding tert-OH is 1. The first-order valence-electron chi connectivity index (χ1n) is 15.1. The Morgan fingerprint density at radius 2 is 1.83 bits per heavy atom. The number of benzene rings is 1. The number of esters is 1. The summed E-state index contributed by atoms with van der Waals surface area (Å²) in [7, 11) is 0. The van der Waals surface area contributed by atoms with Crippen molar-refractivity contribution in [2.24, 2.45) is 11.8 Å². The second kappa shape index (κ2) is 12.8. The second-order valence-corrected chi connectivity index (χ2v) is 11.6. The molecule has 2 fully saturated rings. The highest BCUT2D eigenvalue weighted by atomic mass is 16.6. The van der Waals surface area contributed by atoms with Crippen molar-refractivity contribution in [2.75, 3.05) is 26.2 Å². The molecule has 4 aliphatic rings. The number of nitrogens with one attached hydrogen (secondary N) is 1. The third-order valence-electron chi connectivity index (χ3n) is 8.77. The Bertz CT molecular complexity index is 1230. The van der Waals surface area contributed by atoms with Crippen molar-refractivity contribution in [3.63, 3.8) is 0 Å². The third kappa shape index (κ3) is 5.49. The lowest BCUT2D eigenvalue weighted by Gasteiger charge is -2.35. The number of hydrogen-bond acceptors (Lipinski definition) is 7. The number of ether oxygens (including phenoxy) is 2. The monoisotopic (exact) mass is 579 g/mol. The molecule has 7 atom stereocenters. The molecule has 3 amide bonds. The highest BCUT2D eigenvalue weighted by Crippen LogP contribution is 2.53. The van der Waals surface area contributed by atoms with Crippen LogP contribution in [0.1, 0.15) is 57.6 Å². The van der Waals surface area contributed by atoms with Gasteiger partial charge in [-0.1, -0.05) is 68.0 Å². The number of allylic oxidation sites excluding steroid dienone is 1. The van der Waals surface area contributed by atoms with E-state index in [9.17, 15) is 24.3 Å². The lowest BCUT2D eigenvalue weighted by molar-refractivity contribution is -0.161. The van der Waals surface area contributed by atoms with Gasteiger partial charge in [-0.3, -0.25) is 19.2 Å². The SMILES string of the molecule is CCCCN1CC=C[C@@]23O[C@H]4/C=C\CCC(=O)N[C@@H](C)[C@H](c5ccccc5)OC(=O)[C@H]4[C@@H]2C(=O)N(CCCO)[C@H]3C1=O. The molecular weight excluding hydrogens is 538 g/mol. The number of nitrogens with zero attached hydrogens (tertiary/aromatic N) is 2. The summed E-state index contributed by atoms with van der Waals surface area (Å²) in [6.45, 7) is 4.80. The summed E-state index contributed by atoms with van der Waals surface area (Å²) in [4.78, 5) is 58.4. The Balaban J connectivity index is 1.57. The molecule has 0 aliphatic carbocycles. The Kier molecular flexibility index (Phi) is 9.13. The van der Waals surface area contributed by atoms with Crippen LogP contribution >= 0.6 is 0 Å². The van der Waals surface area contributed by atoms with E-state index in [0.717, 1.165) is 12.8 Å². The molecule has 0 saturated carbocycles. The Morgan fingerprint density at radius 1 is 1.05 bits per heavy atom. The van der Waals surface area contributed by atoms with Crippen molar-refractivity contribution in [2.45, 2.75) is 75.8 Å². The molecule has 0 radical (unpaired) electrons. The summed E-state index contributed by atoms with van der Waals surface area (Å²) in [6.07, 6.45) is 8.26. The van der Waals surface area contributed by atoms with Gasteiger partial charge >= 0.3 is 5.97 Å². The molecule has 0 unspecified atom stereocenters. The predicted octanol–water partition coefficient (Wildman–Crippen LogP) is 2.29. The summed E-state index contributed by atoms with van der Waals surface area (Å²) in [5.74, 6) is -3.36. The van der Waals surface area contributed by atoms with Gasteiger partial charge < -0.3 is 29.7 Å². The maximum Gasteiger partial charge on any atom is 0.313 e. The van der Waals surface area contributed by atoms with Crippen LogP contribution in [0.25, 0.3) is 0 Å². The van der Waals surface area contributed by atoms with Crippen molar-refractivity contribution < 1.29 is 33.8 Å². The summed E-state index contributed by atoms with van der Waals surface area (Å²) >= 11 is 0. The maximum absolute atomic E-state index is 14.2. The number of aliphatic hydroxyl groups is 1. The van der Waals surface area contributed by atoms with Gasteiger partial charge in [0.2, 0.25) is 17.7 Å². The van der Waals surface area contributed by atoms with E-state index in [-0.39, 0.29) is 37.3 Å². The molecule has 4 aliphatic heterocycles. The van der Waals surface area contributed by atoms with E-state index < -0.39 is 47.7 Å². The van der Waals surface area contributed by atoms with Gasteiger partial charge in [-0.05, 0) is 31.7 Å². The largest absolute Gasteiger partial charge is 0.455 e. The highest BCUT2D eigenvalue weighted by molar-refractivity contribution is 5.99. The van der Waals surface area contributed by atoms with Crippen LogP contribution in [-0.4, -0.2) is 88.6 Å². The molecule has 2 saturated heterocycles. The summed E-state index contributed by atoms with van der Waals surface area (Å²) in [5.41, 5.74) is -0.654. The second-order valence-electron chi connectivity index (χ2n) is 11.6. The first-order chi connectivity index (χ1) is 20.3. The van der Waals surface area contributed by atoms with E-state index >= 15 is 0 Å². The molecule has 2 N–H and O–H groups in total. The van der Waals surface area contributed by atoms with E-state index in [4.69, 9.17) is 9.47 Å². The fraction of sp³-hybridized carbons (Fsp3) is 0.562. The zero-order valence-electron chi connectivity index (χ0n) is 24.3. The van der Waals surface area contributed by atoms with Gasteiger partial charge in [0.1, 0.15) is 23.7 Å². The standard InChI is InChI=1S/C32H41N3O7/c1-3-4-17-34-18-10-16-32-26(29(38)35(19-11-20-36)28(32)30(34)39)25-23(42-32)14-8-9-15-24(37)33-21(2)27(41-31(25)40)22-12-6-5-7-13-22/h5-8,10,12-14,16,21,23,25-28,36H,3-4,9,11,15,17-20H2,1-2H3,(H,33,37)/b14-8-/t21-,23-,25+,26+,27+,28-,32+/m0/s1. The quantitative estimate of drug-likeness (QED) is 0.375. The van der Waals surface area contributed by atoms with E-state index in [2.05, 4.69) is 12.2 Å². The molecule has 0 aromatic heterocycles. The van der Waals surface area contributed by atoms with Crippen LogP contribution in [0, 0.1) is 11.8 Å². The molecule has 5 rings (SSSR count). The first-order valence-corrected chi connectivity index (χ1v) is 15.1. The van der Waals surface area contributed by atoms with Crippen molar-refractivity contribution in [3.05, 3.63) is 60.2 Å². The van der Waals surface area contributed by atoms with Gasteiger partial charge in [-0.15, -0.1) is 0 Å². The lowest BCUT2D eigenvalue weighted by atomic mass is 9.77. The smallest absolute Gasteiger partial charge is 0.313 e. The molecule has 10 heteroatoms. The van der Waals surface area contributed by atoms with E-state index in [1.165, 1.54) is 4.90 Å². The number of cyclic esters (lactones) is 1. The number of amides is 3. The molecule has 10 nitrogen and oxygen atoms in total. The third-order valence-corrected chi connectivity index (χ3v) is 8.77. The zero-order chi connectivity index (χ0) is 29.9.